The number of urea groups is 1. The van der Waals surface area contributed by atoms with E-state index in [4.69, 9.17) is 5.11 Å². The van der Waals surface area contributed by atoms with Gasteiger partial charge in [-0.25, -0.2) is 18.0 Å². The van der Waals surface area contributed by atoms with E-state index in [2.05, 4.69) is 0 Å². The molecule has 0 spiro atoms. The lowest BCUT2D eigenvalue weighted by Crippen LogP contribution is -2.64. The monoisotopic (exact) mass is 332 g/mol. The fourth-order valence-electron chi connectivity index (χ4n) is 1.68. The summed E-state index contributed by atoms with van der Waals surface area (Å²) in [6, 6.07) is -1.26. The van der Waals surface area contributed by atoms with E-state index in [-0.39, 0.29) is 31.0 Å². The molecule has 0 aromatic rings. The number of carboxylic acids is 1. The standard InChI is InChI=1S/C10H15F3N2O5S/c1-9(7(16)17,10(11,12)13)14-8(18)15-3-2-5-21(19,20)6-4-15/h2-6H2,1H3,(H,14,18)(H,16,17). The zero-order valence-corrected chi connectivity index (χ0v) is 11.9. The number of halogens is 3. The lowest BCUT2D eigenvalue weighted by atomic mass is 10.0. The van der Waals surface area contributed by atoms with Gasteiger partial charge in [0.2, 0.25) is 5.54 Å². The van der Waals surface area contributed by atoms with E-state index in [1.54, 1.807) is 0 Å². The van der Waals surface area contributed by atoms with E-state index in [9.17, 15) is 31.2 Å². The van der Waals surface area contributed by atoms with Crippen molar-refractivity contribution < 1.29 is 36.3 Å². The summed E-state index contributed by atoms with van der Waals surface area (Å²) in [6.07, 6.45) is -5.10. The molecule has 2 N–H and O–H groups in total. The highest BCUT2D eigenvalue weighted by atomic mass is 32.2. The lowest BCUT2D eigenvalue weighted by Gasteiger charge is -2.31. The molecule has 11 heteroatoms. The molecule has 0 bridgehead atoms. The SMILES string of the molecule is CC(NC(=O)N1CCCS(=O)(=O)CC1)(C(=O)O)C(F)(F)F. The molecule has 1 heterocycles. The minimum Gasteiger partial charge on any atom is -0.479 e. The average molecular weight is 332 g/mol. The molecule has 21 heavy (non-hydrogen) atoms. The Kier molecular flexibility index (Phi) is 4.76. The van der Waals surface area contributed by atoms with Crippen LogP contribution in [0.25, 0.3) is 0 Å². The number of nitrogens with one attached hydrogen (secondary N) is 1. The third kappa shape index (κ3) is 3.99. The van der Waals surface area contributed by atoms with E-state index in [0.717, 1.165) is 4.90 Å². The van der Waals surface area contributed by atoms with Crippen LogP contribution < -0.4 is 5.32 Å². The minimum absolute atomic E-state index is 0.0569. The minimum atomic E-state index is -5.19. The Morgan fingerprint density at radius 1 is 1.19 bits per heavy atom. The van der Waals surface area contributed by atoms with Crippen LogP contribution in [0.1, 0.15) is 13.3 Å². The van der Waals surface area contributed by atoms with E-state index in [0.29, 0.717) is 6.92 Å². The highest BCUT2D eigenvalue weighted by Crippen LogP contribution is 2.30. The average Bonchev–Trinajstić information content (AvgIpc) is 2.48. The van der Waals surface area contributed by atoms with Crippen LogP contribution >= 0.6 is 0 Å². The maximum atomic E-state index is 12.8. The molecular weight excluding hydrogens is 317 g/mol. The second-order valence-corrected chi connectivity index (χ2v) is 7.15. The zero-order chi connectivity index (χ0) is 16.5. The van der Waals surface area contributed by atoms with Gasteiger partial charge in [0.05, 0.1) is 11.5 Å². The van der Waals surface area contributed by atoms with Gasteiger partial charge in [-0.2, -0.15) is 13.2 Å². The third-order valence-electron chi connectivity index (χ3n) is 3.19. The Bertz CT molecular complexity index is 533. The van der Waals surface area contributed by atoms with Crippen molar-refractivity contribution in [1.82, 2.24) is 10.2 Å². The van der Waals surface area contributed by atoms with Gasteiger partial charge in [-0.15, -0.1) is 0 Å². The Labute approximate surface area is 119 Å². The first-order chi connectivity index (χ1) is 9.39. The van der Waals surface area contributed by atoms with Crippen LogP contribution in [0.5, 0.6) is 0 Å². The molecule has 1 aliphatic rings. The smallest absolute Gasteiger partial charge is 0.422 e. The van der Waals surface area contributed by atoms with E-state index in [1.165, 1.54) is 5.32 Å². The summed E-state index contributed by atoms with van der Waals surface area (Å²) in [4.78, 5) is 23.5. The van der Waals surface area contributed by atoms with E-state index in [1.807, 2.05) is 0 Å². The number of carboxylic acid groups (broad SMARTS) is 1. The van der Waals surface area contributed by atoms with Gasteiger partial charge in [0.1, 0.15) is 0 Å². The van der Waals surface area contributed by atoms with Gasteiger partial charge in [0.15, 0.2) is 9.84 Å². The Morgan fingerprint density at radius 3 is 2.24 bits per heavy atom. The van der Waals surface area contributed by atoms with E-state index >= 15 is 0 Å². The van der Waals surface area contributed by atoms with Gasteiger partial charge in [0.25, 0.3) is 0 Å². The third-order valence-corrected chi connectivity index (χ3v) is 4.91. The van der Waals surface area contributed by atoms with Crippen molar-refractivity contribution in [3.05, 3.63) is 0 Å². The number of carbonyl (C=O) groups excluding carboxylic acids is 1. The molecule has 1 fully saturated rings. The predicted octanol–water partition coefficient (Wildman–Crippen LogP) is 0.222. The second-order valence-electron chi connectivity index (χ2n) is 4.85. The summed E-state index contributed by atoms with van der Waals surface area (Å²) in [5.41, 5.74) is -3.44. The number of nitrogens with zero attached hydrogens (tertiary/aromatic N) is 1. The number of hydrogen-bond donors (Lipinski definition) is 2. The summed E-state index contributed by atoms with van der Waals surface area (Å²) in [5.74, 6) is -2.77. The molecule has 7 nitrogen and oxygen atoms in total. The van der Waals surface area contributed by atoms with Crippen molar-refractivity contribution in [2.24, 2.45) is 0 Å². The van der Waals surface area contributed by atoms with Crippen molar-refractivity contribution in [2.45, 2.75) is 25.1 Å². The van der Waals surface area contributed by atoms with Crippen molar-refractivity contribution in [2.75, 3.05) is 24.6 Å². The van der Waals surface area contributed by atoms with Crippen molar-refractivity contribution in [3.63, 3.8) is 0 Å². The highest BCUT2D eigenvalue weighted by molar-refractivity contribution is 7.91. The highest BCUT2D eigenvalue weighted by Gasteiger charge is 2.58. The number of alkyl halides is 3. The molecule has 1 rings (SSSR count). The normalized spacial score (nSPS) is 22.0. The Balaban J connectivity index is 2.86. The quantitative estimate of drug-likeness (QED) is 0.753. The molecule has 1 unspecified atom stereocenters. The Hall–Kier alpha value is -1.52. The van der Waals surface area contributed by atoms with E-state index < -0.39 is 33.6 Å². The van der Waals surface area contributed by atoms with Gasteiger partial charge in [0, 0.05) is 13.1 Å². The predicted molar refractivity (Wildman–Crippen MR) is 65.5 cm³/mol. The zero-order valence-electron chi connectivity index (χ0n) is 11.1. The van der Waals surface area contributed by atoms with Gasteiger partial charge >= 0.3 is 18.2 Å². The lowest BCUT2D eigenvalue weighted by molar-refractivity contribution is -0.203. The van der Waals surface area contributed by atoms with Gasteiger partial charge < -0.3 is 15.3 Å². The number of rotatable bonds is 2. The summed E-state index contributed by atoms with van der Waals surface area (Å²) in [6.45, 7) is 0.00212. The summed E-state index contributed by atoms with van der Waals surface area (Å²) >= 11 is 0. The molecule has 1 saturated heterocycles. The molecule has 1 aliphatic heterocycles. The fourth-order valence-corrected chi connectivity index (χ4v) is 2.95. The molecule has 0 saturated carbocycles. The fraction of sp³-hybridized carbons (Fsp3) is 0.800. The molecule has 2 amide bonds. The summed E-state index contributed by atoms with van der Waals surface area (Å²) < 4.78 is 61.0. The van der Waals surface area contributed by atoms with Crippen LogP contribution in [0.15, 0.2) is 0 Å². The van der Waals surface area contributed by atoms with Crippen LogP contribution in [0.3, 0.4) is 0 Å². The maximum absolute atomic E-state index is 12.8. The molecule has 122 valence electrons. The van der Waals surface area contributed by atoms with Gasteiger partial charge in [-0.3, -0.25) is 0 Å². The first-order valence-corrected chi connectivity index (χ1v) is 7.79. The molecule has 1 atom stereocenters. The molecule has 0 aromatic heterocycles. The summed E-state index contributed by atoms with van der Waals surface area (Å²) in [7, 11) is -3.33. The molecular formula is C10H15F3N2O5S. The molecule has 0 aliphatic carbocycles. The van der Waals surface area contributed by atoms with Gasteiger partial charge in [-0.05, 0) is 13.3 Å². The van der Waals surface area contributed by atoms with Crippen LogP contribution in [0, 0.1) is 0 Å². The second kappa shape index (κ2) is 5.70. The largest absolute Gasteiger partial charge is 0.479 e. The van der Waals surface area contributed by atoms with Crippen LogP contribution in [-0.4, -0.2) is 66.7 Å². The van der Waals surface area contributed by atoms with Gasteiger partial charge in [-0.1, -0.05) is 0 Å². The first-order valence-electron chi connectivity index (χ1n) is 5.97. The number of carbonyl (C=O) groups is 2. The number of aliphatic carboxylic acids is 1. The van der Waals surface area contributed by atoms with Crippen LogP contribution in [-0.2, 0) is 14.6 Å². The number of amides is 2. The Morgan fingerprint density at radius 2 is 1.76 bits per heavy atom. The van der Waals surface area contributed by atoms with Crippen molar-refractivity contribution in [1.29, 1.82) is 0 Å². The summed E-state index contributed by atoms with van der Waals surface area (Å²) in [5, 5.41) is 10.1. The van der Waals surface area contributed by atoms with Crippen molar-refractivity contribution >= 4 is 21.8 Å². The number of sulfone groups is 1. The van der Waals surface area contributed by atoms with Crippen LogP contribution in [0.4, 0.5) is 18.0 Å². The first kappa shape index (κ1) is 17.5. The topological polar surface area (TPSA) is 104 Å². The maximum Gasteiger partial charge on any atom is 0.422 e. The number of hydrogen-bond acceptors (Lipinski definition) is 4. The molecule has 0 radical (unpaired) electrons. The van der Waals surface area contributed by atoms with Crippen molar-refractivity contribution in [3.8, 4) is 0 Å². The molecule has 0 aromatic carbocycles. The van der Waals surface area contributed by atoms with Crippen LogP contribution in [0.2, 0.25) is 0 Å².